The predicted molar refractivity (Wildman–Crippen MR) is 85.7 cm³/mol. The molecule has 4 nitrogen and oxygen atoms in total. The van der Waals surface area contributed by atoms with E-state index in [1.165, 1.54) is 5.56 Å². The molecule has 21 heavy (non-hydrogen) atoms. The number of halogens is 1. The first-order valence-corrected chi connectivity index (χ1v) is 7.14. The summed E-state index contributed by atoms with van der Waals surface area (Å²) in [5.74, 6) is 0.0593. The molecule has 3 N–H and O–H groups in total. The lowest BCUT2D eigenvalue weighted by Gasteiger charge is -2.27. The molecule has 0 saturated heterocycles. The van der Waals surface area contributed by atoms with Gasteiger partial charge >= 0.3 is 0 Å². The summed E-state index contributed by atoms with van der Waals surface area (Å²) in [6, 6.07) is 14.0. The molecule has 1 unspecified atom stereocenters. The van der Waals surface area contributed by atoms with Crippen molar-refractivity contribution in [3.63, 3.8) is 0 Å². The van der Waals surface area contributed by atoms with E-state index in [9.17, 15) is 0 Å². The smallest absolute Gasteiger partial charge is 0.172 e. The fourth-order valence-corrected chi connectivity index (χ4v) is 3.08. The molecule has 0 saturated carbocycles. The molecule has 1 atom stereocenters. The predicted octanol–water partition coefficient (Wildman–Crippen LogP) is 3.52. The molecule has 2 aromatic rings. The van der Waals surface area contributed by atoms with Crippen molar-refractivity contribution in [2.75, 3.05) is 4.90 Å². The van der Waals surface area contributed by atoms with Crippen LogP contribution < -0.4 is 10.6 Å². The van der Waals surface area contributed by atoms with Gasteiger partial charge in [-0.1, -0.05) is 35.0 Å². The van der Waals surface area contributed by atoms with Gasteiger partial charge in [0.2, 0.25) is 0 Å². The van der Waals surface area contributed by atoms with Gasteiger partial charge in [-0.05, 0) is 43.2 Å². The number of oxime groups is 1. The second-order valence-corrected chi connectivity index (χ2v) is 5.64. The Bertz CT molecular complexity index is 714. The Morgan fingerprint density at radius 3 is 2.81 bits per heavy atom. The third kappa shape index (κ3) is 2.32. The SMILES string of the molecule is CC1Cc2ccccc2N1c1ccc(Cl)cc1C(N)=NO. The van der Waals surface area contributed by atoms with Crippen LogP contribution >= 0.6 is 11.6 Å². The molecule has 0 aliphatic carbocycles. The number of hydrogen-bond acceptors (Lipinski definition) is 3. The standard InChI is InChI=1S/C16H16ClN3O/c1-10-8-11-4-2-3-5-14(11)20(10)15-7-6-12(17)9-13(15)16(18)19-21/h2-7,9-10,21H,8H2,1H3,(H2,18,19). The van der Waals surface area contributed by atoms with Crippen LogP contribution in [0, 0.1) is 0 Å². The minimum Gasteiger partial charge on any atom is -0.409 e. The number of nitrogens with two attached hydrogens (primary N) is 1. The molecular formula is C16H16ClN3O. The Kier molecular flexibility index (Phi) is 3.47. The van der Waals surface area contributed by atoms with Crippen molar-refractivity contribution in [3.05, 3.63) is 58.6 Å². The van der Waals surface area contributed by atoms with Crippen LogP contribution in [0.1, 0.15) is 18.1 Å². The molecule has 108 valence electrons. The highest BCUT2D eigenvalue weighted by molar-refractivity contribution is 6.31. The number of rotatable bonds is 2. The van der Waals surface area contributed by atoms with Gasteiger partial charge < -0.3 is 15.8 Å². The van der Waals surface area contributed by atoms with Crippen molar-refractivity contribution in [1.82, 2.24) is 0 Å². The van der Waals surface area contributed by atoms with Gasteiger partial charge in [0.05, 0.1) is 5.69 Å². The van der Waals surface area contributed by atoms with Crippen molar-refractivity contribution >= 4 is 28.8 Å². The molecule has 1 aliphatic rings. The van der Waals surface area contributed by atoms with Crippen LogP contribution in [0.15, 0.2) is 47.6 Å². The van der Waals surface area contributed by atoms with Crippen LogP contribution in [0.25, 0.3) is 0 Å². The zero-order valence-electron chi connectivity index (χ0n) is 11.6. The molecule has 0 fully saturated rings. The number of para-hydroxylation sites is 1. The molecule has 0 aromatic heterocycles. The van der Waals surface area contributed by atoms with Gasteiger partial charge in [-0.15, -0.1) is 0 Å². The van der Waals surface area contributed by atoms with Crippen LogP contribution in [0.5, 0.6) is 0 Å². The van der Waals surface area contributed by atoms with Crippen molar-refractivity contribution in [2.24, 2.45) is 10.9 Å². The minimum atomic E-state index is 0.0593. The van der Waals surface area contributed by atoms with Gasteiger partial charge in [-0.3, -0.25) is 0 Å². The summed E-state index contributed by atoms with van der Waals surface area (Å²) in [6.45, 7) is 2.16. The fourth-order valence-electron chi connectivity index (χ4n) is 2.91. The Hall–Kier alpha value is -2.20. The number of benzene rings is 2. The first kappa shape index (κ1) is 13.8. The van der Waals surface area contributed by atoms with Crippen molar-refractivity contribution in [1.29, 1.82) is 0 Å². The van der Waals surface area contributed by atoms with E-state index >= 15 is 0 Å². The van der Waals surface area contributed by atoms with Crippen LogP contribution in [0.3, 0.4) is 0 Å². The third-order valence-corrected chi connectivity index (χ3v) is 4.04. The second-order valence-electron chi connectivity index (χ2n) is 5.20. The van der Waals surface area contributed by atoms with Gasteiger partial charge in [-0.2, -0.15) is 0 Å². The van der Waals surface area contributed by atoms with Crippen LogP contribution in [-0.4, -0.2) is 17.1 Å². The van der Waals surface area contributed by atoms with E-state index in [1.54, 1.807) is 6.07 Å². The maximum absolute atomic E-state index is 9.01. The Balaban J connectivity index is 2.17. The van der Waals surface area contributed by atoms with E-state index in [2.05, 4.69) is 29.1 Å². The van der Waals surface area contributed by atoms with Crippen LogP contribution in [-0.2, 0) is 6.42 Å². The summed E-state index contributed by atoms with van der Waals surface area (Å²) in [4.78, 5) is 2.21. The maximum Gasteiger partial charge on any atom is 0.172 e. The number of nitrogens with zero attached hydrogens (tertiary/aromatic N) is 2. The average Bonchev–Trinajstić information content (AvgIpc) is 2.82. The third-order valence-electron chi connectivity index (χ3n) is 3.81. The molecule has 1 aliphatic heterocycles. The first-order chi connectivity index (χ1) is 10.1. The van der Waals surface area contributed by atoms with Crippen molar-refractivity contribution in [2.45, 2.75) is 19.4 Å². The van der Waals surface area contributed by atoms with E-state index in [1.807, 2.05) is 24.3 Å². The van der Waals surface area contributed by atoms with E-state index in [0.717, 1.165) is 17.8 Å². The van der Waals surface area contributed by atoms with Crippen molar-refractivity contribution in [3.8, 4) is 0 Å². The largest absolute Gasteiger partial charge is 0.409 e. The average molecular weight is 302 g/mol. The lowest BCUT2D eigenvalue weighted by molar-refractivity contribution is 0.318. The summed E-state index contributed by atoms with van der Waals surface area (Å²) in [5.41, 5.74) is 9.79. The van der Waals surface area contributed by atoms with Crippen molar-refractivity contribution < 1.29 is 5.21 Å². The van der Waals surface area contributed by atoms with E-state index in [0.29, 0.717) is 16.6 Å². The molecule has 5 heteroatoms. The summed E-state index contributed by atoms with van der Waals surface area (Å²) >= 11 is 6.05. The first-order valence-electron chi connectivity index (χ1n) is 6.76. The highest BCUT2D eigenvalue weighted by Gasteiger charge is 2.29. The summed E-state index contributed by atoms with van der Waals surface area (Å²) in [6.07, 6.45) is 0.967. The van der Waals surface area contributed by atoms with E-state index in [-0.39, 0.29) is 5.84 Å². The second kappa shape index (κ2) is 5.30. The highest BCUT2D eigenvalue weighted by Crippen LogP contribution is 2.40. The molecule has 2 aromatic carbocycles. The Morgan fingerprint density at radius 2 is 2.05 bits per heavy atom. The summed E-state index contributed by atoms with van der Waals surface area (Å²) < 4.78 is 0. The van der Waals surface area contributed by atoms with E-state index < -0.39 is 0 Å². The summed E-state index contributed by atoms with van der Waals surface area (Å²) in [7, 11) is 0. The molecular weight excluding hydrogens is 286 g/mol. The molecule has 0 bridgehead atoms. The van der Waals surface area contributed by atoms with Crippen LogP contribution in [0.2, 0.25) is 5.02 Å². The van der Waals surface area contributed by atoms with Crippen LogP contribution in [0.4, 0.5) is 11.4 Å². The molecule has 1 heterocycles. The normalized spacial score (nSPS) is 17.9. The number of hydrogen-bond donors (Lipinski definition) is 2. The molecule has 3 rings (SSSR count). The summed E-state index contributed by atoms with van der Waals surface area (Å²) in [5, 5.41) is 12.7. The fraction of sp³-hybridized carbons (Fsp3) is 0.188. The Labute approximate surface area is 128 Å². The minimum absolute atomic E-state index is 0.0593. The van der Waals surface area contributed by atoms with E-state index in [4.69, 9.17) is 22.5 Å². The molecule has 0 spiro atoms. The number of anilines is 2. The van der Waals surface area contributed by atoms with Gasteiger partial charge in [0, 0.05) is 22.3 Å². The topological polar surface area (TPSA) is 61.8 Å². The lowest BCUT2D eigenvalue weighted by Crippen LogP contribution is -2.27. The molecule has 0 amide bonds. The Morgan fingerprint density at radius 1 is 1.29 bits per heavy atom. The molecule has 0 radical (unpaired) electrons. The van der Waals surface area contributed by atoms with Gasteiger partial charge in [0.15, 0.2) is 5.84 Å². The zero-order valence-corrected chi connectivity index (χ0v) is 12.4. The quantitative estimate of drug-likeness (QED) is 0.386. The van der Waals surface area contributed by atoms with Gasteiger partial charge in [0.25, 0.3) is 0 Å². The maximum atomic E-state index is 9.01. The highest BCUT2D eigenvalue weighted by atomic mass is 35.5. The lowest BCUT2D eigenvalue weighted by atomic mass is 10.1. The number of fused-ring (bicyclic) bond motifs is 1. The monoisotopic (exact) mass is 301 g/mol. The zero-order chi connectivity index (χ0) is 15.0. The number of amidine groups is 1. The van der Waals surface area contributed by atoms with Gasteiger partial charge in [-0.25, -0.2) is 0 Å². The van der Waals surface area contributed by atoms with Gasteiger partial charge in [0.1, 0.15) is 0 Å².